The monoisotopic (exact) mass is 286 g/mol. The molecule has 1 aliphatic rings. The minimum atomic E-state index is -0.554. The second kappa shape index (κ2) is 5.47. The molecule has 3 rings (SSSR count). The molecule has 1 amide bonds. The zero-order chi connectivity index (χ0) is 14.8. The minimum Gasteiger partial charge on any atom is -0.366 e. The lowest BCUT2D eigenvalue weighted by molar-refractivity contribution is 0.100. The average Bonchev–Trinajstić information content (AvgIpc) is 3.02. The minimum absolute atomic E-state index is 0.289. The van der Waals surface area contributed by atoms with Crippen LogP contribution in [-0.2, 0) is 0 Å². The van der Waals surface area contributed by atoms with E-state index in [1.165, 1.54) is 0 Å². The van der Waals surface area contributed by atoms with Crippen molar-refractivity contribution in [1.82, 2.24) is 9.97 Å². The number of anilines is 1. The molecule has 1 aromatic heterocycles. The summed E-state index contributed by atoms with van der Waals surface area (Å²) in [5.74, 6) is -0.400. The molecule has 1 aromatic carbocycles. The van der Waals surface area contributed by atoms with Crippen molar-refractivity contribution in [2.24, 2.45) is 5.73 Å². The summed E-state index contributed by atoms with van der Waals surface area (Å²) in [7, 11) is 0. The van der Waals surface area contributed by atoms with Crippen LogP contribution in [-0.4, -0.2) is 29.0 Å². The van der Waals surface area contributed by atoms with Crippen molar-refractivity contribution < 1.29 is 9.18 Å². The molecule has 0 saturated carbocycles. The number of benzene rings is 1. The van der Waals surface area contributed by atoms with Crippen LogP contribution in [0.1, 0.15) is 23.2 Å². The fourth-order valence-electron chi connectivity index (χ4n) is 2.53. The molecule has 0 bridgehead atoms. The van der Waals surface area contributed by atoms with Crippen molar-refractivity contribution in [2.75, 3.05) is 18.0 Å². The number of nitrogens with two attached hydrogens (primary N) is 1. The van der Waals surface area contributed by atoms with E-state index in [-0.39, 0.29) is 5.82 Å². The van der Waals surface area contributed by atoms with Gasteiger partial charge in [0, 0.05) is 18.7 Å². The lowest BCUT2D eigenvalue weighted by Crippen LogP contribution is -2.21. The van der Waals surface area contributed by atoms with E-state index in [0.29, 0.717) is 17.0 Å². The van der Waals surface area contributed by atoms with Crippen molar-refractivity contribution in [3.63, 3.8) is 0 Å². The predicted octanol–water partition coefficient (Wildman–Crippen LogP) is 1.98. The van der Waals surface area contributed by atoms with Gasteiger partial charge in [-0.15, -0.1) is 0 Å². The van der Waals surface area contributed by atoms with Gasteiger partial charge in [0.25, 0.3) is 0 Å². The maximum Gasteiger partial charge on any atom is 0.249 e. The van der Waals surface area contributed by atoms with Crippen LogP contribution < -0.4 is 10.6 Å². The van der Waals surface area contributed by atoms with Gasteiger partial charge in [0.05, 0.1) is 11.8 Å². The smallest absolute Gasteiger partial charge is 0.249 e. The Labute approximate surface area is 121 Å². The average molecular weight is 286 g/mol. The van der Waals surface area contributed by atoms with Gasteiger partial charge in [-0.25, -0.2) is 14.4 Å². The Morgan fingerprint density at radius 2 is 1.95 bits per heavy atom. The van der Waals surface area contributed by atoms with Crippen LogP contribution in [0.2, 0.25) is 0 Å². The molecular formula is C15H15FN4O. The molecule has 6 heteroatoms. The molecule has 1 saturated heterocycles. The second-order valence-corrected chi connectivity index (χ2v) is 4.97. The quantitative estimate of drug-likeness (QED) is 0.936. The van der Waals surface area contributed by atoms with Gasteiger partial charge in [0.15, 0.2) is 17.5 Å². The Balaban J connectivity index is 2.07. The number of nitrogens with zero attached hydrogens (tertiary/aromatic N) is 3. The van der Waals surface area contributed by atoms with Crippen LogP contribution in [0.5, 0.6) is 0 Å². The van der Waals surface area contributed by atoms with E-state index in [4.69, 9.17) is 5.73 Å². The maximum atomic E-state index is 13.9. The van der Waals surface area contributed by atoms with Gasteiger partial charge < -0.3 is 10.6 Å². The van der Waals surface area contributed by atoms with E-state index in [0.717, 1.165) is 32.1 Å². The van der Waals surface area contributed by atoms with E-state index < -0.39 is 11.7 Å². The molecule has 21 heavy (non-hydrogen) atoms. The fraction of sp³-hybridized carbons (Fsp3) is 0.267. The predicted molar refractivity (Wildman–Crippen MR) is 77.4 cm³/mol. The van der Waals surface area contributed by atoms with Gasteiger partial charge >= 0.3 is 0 Å². The van der Waals surface area contributed by atoms with Gasteiger partial charge in [-0.1, -0.05) is 18.2 Å². The number of hydrogen-bond donors (Lipinski definition) is 1. The summed E-state index contributed by atoms with van der Waals surface area (Å²) in [6.45, 7) is 1.57. The number of primary amides is 1. The van der Waals surface area contributed by atoms with Gasteiger partial charge in [0.2, 0.25) is 5.91 Å². The number of aromatic nitrogens is 2. The van der Waals surface area contributed by atoms with E-state index in [1.54, 1.807) is 24.3 Å². The van der Waals surface area contributed by atoms with Crippen molar-refractivity contribution >= 4 is 11.7 Å². The molecule has 0 aliphatic carbocycles. The molecule has 0 spiro atoms. The Hall–Kier alpha value is -2.50. The summed E-state index contributed by atoms with van der Waals surface area (Å²) in [5.41, 5.74) is 6.21. The third kappa shape index (κ3) is 2.56. The van der Waals surface area contributed by atoms with Gasteiger partial charge in [0.1, 0.15) is 0 Å². The maximum absolute atomic E-state index is 13.9. The molecule has 5 nitrogen and oxygen atoms in total. The molecule has 1 fully saturated rings. The largest absolute Gasteiger partial charge is 0.366 e. The zero-order valence-corrected chi connectivity index (χ0v) is 11.4. The first kappa shape index (κ1) is 13.5. The molecule has 0 atom stereocenters. The Kier molecular flexibility index (Phi) is 3.51. The normalized spacial score (nSPS) is 14.4. The Morgan fingerprint density at radius 3 is 2.67 bits per heavy atom. The molecule has 2 N–H and O–H groups in total. The SMILES string of the molecule is NC(=O)c1ccccc1-c1ncc(F)c(N2CCCC2)n1. The van der Waals surface area contributed by atoms with Gasteiger partial charge in [-0.2, -0.15) is 0 Å². The summed E-state index contributed by atoms with van der Waals surface area (Å²) >= 11 is 0. The van der Waals surface area contributed by atoms with Crippen molar-refractivity contribution in [3.8, 4) is 11.4 Å². The van der Waals surface area contributed by atoms with Crippen LogP contribution in [0.3, 0.4) is 0 Å². The first-order chi connectivity index (χ1) is 10.2. The summed E-state index contributed by atoms with van der Waals surface area (Å²) < 4.78 is 13.9. The lowest BCUT2D eigenvalue weighted by Gasteiger charge is -2.17. The summed E-state index contributed by atoms with van der Waals surface area (Å²) in [4.78, 5) is 21.7. The van der Waals surface area contributed by atoms with Gasteiger partial charge in [-0.3, -0.25) is 4.79 Å². The van der Waals surface area contributed by atoms with Crippen molar-refractivity contribution in [3.05, 3.63) is 41.8 Å². The van der Waals surface area contributed by atoms with E-state index in [1.807, 2.05) is 4.90 Å². The molecule has 0 radical (unpaired) electrons. The summed E-state index contributed by atoms with van der Waals surface area (Å²) in [6.07, 6.45) is 3.20. The highest BCUT2D eigenvalue weighted by atomic mass is 19.1. The highest BCUT2D eigenvalue weighted by molar-refractivity contribution is 5.99. The van der Waals surface area contributed by atoms with E-state index in [2.05, 4.69) is 9.97 Å². The van der Waals surface area contributed by atoms with Crippen LogP contribution in [0.15, 0.2) is 30.5 Å². The third-order valence-corrected chi connectivity index (χ3v) is 3.56. The number of carbonyl (C=O) groups excluding carboxylic acids is 1. The van der Waals surface area contributed by atoms with E-state index in [9.17, 15) is 9.18 Å². The highest BCUT2D eigenvalue weighted by Gasteiger charge is 2.20. The molecule has 1 aliphatic heterocycles. The zero-order valence-electron chi connectivity index (χ0n) is 11.4. The van der Waals surface area contributed by atoms with Crippen LogP contribution in [0, 0.1) is 5.82 Å². The standard InChI is InChI=1S/C15H15FN4O/c16-12-9-18-14(19-15(12)20-7-3-4-8-20)11-6-2-1-5-10(11)13(17)21/h1-2,5-6,9H,3-4,7-8H2,(H2,17,21). The Morgan fingerprint density at radius 1 is 1.24 bits per heavy atom. The van der Waals surface area contributed by atoms with Crippen LogP contribution in [0.25, 0.3) is 11.4 Å². The number of carbonyl (C=O) groups is 1. The first-order valence-electron chi connectivity index (χ1n) is 6.83. The topological polar surface area (TPSA) is 72.1 Å². The summed E-state index contributed by atoms with van der Waals surface area (Å²) in [6, 6.07) is 6.81. The fourth-order valence-corrected chi connectivity index (χ4v) is 2.53. The lowest BCUT2D eigenvalue weighted by atomic mass is 10.1. The second-order valence-electron chi connectivity index (χ2n) is 4.97. The van der Waals surface area contributed by atoms with Crippen molar-refractivity contribution in [1.29, 1.82) is 0 Å². The number of rotatable bonds is 3. The molecule has 2 heterocycles. The van der Waals surface area contributed by atoms with Gasteiger partial charge in [-0.05, 0) is 18.9 Å². The Bertz CT molecular complexity index is 683. The van der Waals surface area contributed by atoms with E-state index >= 15 is 0 Å². The highest BCUT2D eigenvalue weighted by Crippen LogP contribution is 2.25. The number of amides is 1. The number of halogens is 1. The van der Waals surface area contributed by atoms with Crippen LogP contribution >= 0.6 is 0 Å². The van der Waals surface area contributed by atoms with Crippen LogP contribution in [0.4, 0.5) is 10.2 Å². The molecule has 2 aromatic rings. The summed E-state index contributed by atoms with van der Waals surface area (Å²) in [5, 5.41) is 0. The first-order valence-corrected chi connectivity index (χ1v) is 6.83. The molecule has 0 unspecified atom stereocenters. The third-order valence-electron chi connectivity index (χ3n) is 3.56. The number of hydrogen-bond acceptors (Lipinski definition) is 4. The molecular weight excluding hydrogens is 271 g/mol. The molecule has 108 valence electrons. The van der Waals surface area contributed by atoms with Crippen molar-refractivity contribution in [2.45, 2.75) is 12.8 Å².